The number of nitrogens with zero attached hydrogens (tertiary/aromatic N) is 1. The summed E-state index contributed by atoms with van der Waals surface area (Å²) >= 11 is 0. The van der Waals surface area contributed by atoms with Crippen molar-refractivity contribution in [1.29, 1.82) is 0 Å². The van der Waals surface area contributed by atoms with Crippen molar-refractivity contribution in [2.45, 2.75) is 33.2 Å². The second kappa shape index (κ2) is 7.08. The van der Waals surface area contributed by atoms with E-state index in [9.17, 15) is 10.1 Å². The monoisotopic (exact) mass is 252 g/mol. The number of hydrogen-bond donors (Lipinski definition) is 1. The molecule has 1 atom stereocenters. The van der Waals surface area contributed by atoms with Crippen LogP contribution in [-0.2, 0) is 4.84 Å². The first-order valence-corrected chi connectivity index (χ1v) is 6.16. The van der Waals surface area contributed by atoms with Crippen LogP contribution in [0, 0.1) is 16.0 Å². The van der Waals surface area contributed by atoms with Crippen LogP contribution in [-0.4, -0.2) is 11.5 Å². The van der Waals surface area contributed by atoms with E-state index in [1.807, 2.05) is 13.0 Å². The lowest BCUT2D eigenvalue weighted by Gasteiger charge is -2.17. The molecule has 0 saturated carbocycles. The lowest BCUT2D eigenvalue weighted by molar-refractivity contribution is -0.384. The molecular formula is C13H20N2O3. The van der Waals surface area contributed by atoms with Gasteiger partial charge in [0.05, 0.1) is 17.6 Å². The molecule has 0 aliphatic rings. The lowest BCUT2D eigenvalue weighted by atomic mass is 10.0. The van der Waals surface area contributed by atoms with Crippen molar-refractivity contribution in [1.82, 2.24) is 5.48 Å². The van der Waals surface area contributed by atoms with Crippen LogP contribution in [0.2, 0.25) is 0 Å². The number of non-ortho nitro benzene ring substituents is 1. The van der Waals surface area contributed by atoms with Gasteiger partial charge in [0.25, 0.3) is 5.69 Å². The molecule has 1 aromatic carbocycles. The average molecular weight is 252 g/mol. The van der Waals surface area contributed by atoms with E-state index in [0.717, 1.165) is 12.0 Å². The first-order valence-electron chi connectivity index (χ1n) is 6.16. The fourth-order valence-corrected chi connectivity index (χ4v) is 1.56. The Hall–Kier alpha value is -1.46. The maximum absolute atomic E-state index is 10.7. The minimum Gasteiger partial charge on any atom is -0.301 e. The number of nitro benzene ring substituents is 1. The van der Waals surface area contributed by atoms with Gasteiger partial charge >= 0.3 is 0 Å². The first-order chi connectivity index (χ1) is 8.54. The van der Waals surface area contributed by atoms with Gasteiger partial charge < -0.3 is 4.84 Å². The summed E-state index contributed by atoms with van der Waals surface area (Å²) in [5.74, 6) is 0.445. The second-order valence-electron chi connectivity index (χ2n) is 4.64. The maximum atomic E-state index is 10.7. The van der Waals surface area contributed by atoms with E-state index in [4.69, 9.17) is 4.84 Å². The van der Waals surface area contributed by atoms with Crippen molar-refractivity contribution in [3.63, 3.8) is 0 Å². The summed E-state index contributed by atoms with van der Waals surface area (Å²) in [6, 6.07) is 6.61. The summed E-state index contributed by atoms with van der Waals surface area (Å²) in [5.41, 5.74) is 3.94. The van der Waals surface area contributed by atoms with Gasteiger partial charge in [-0.15, -0.1) is 0 Å². The molecule has 0 aromatic heterocycles. The van der Waals surface area contributed by atoms with E-state index < -0.39 is 0 Å². The number of hydroxylamine groups is 1. The highest BCUT2D eigenvalue weighted by atomic mass is 16.6. The summed E-state index contributed by atoms with van der Waals surface area (Å²) < 4.78 is 0. The Morgan fingerprint density at radius 2 is 2.17 bits per heavy atom. The van der Waals surface area contributed by atoms with E-state index in [0.29, 0.717) is 12.5 Å². The summed E-state index contributed by atoms with van der Waals surface area (Å²) in [6.07, 6.45) is 0.805. The molecule has 0 heterocycles. The van der Waals surface area contributed by atoms with Crippen LogP contribution in [0.15, 0.2) is 24.3 Å². The highest BCUT2D eigenvalue weighted by molar-refractivity contribution is 5.35. The molecule has 0 radical (unpaired) electrons. The zero-order valence-electron chi connectivity index (χ0n) is 11.1. The molecule has 1 unspecified atom stereocenters. The highest BCUT2D eigenvalue weighted by Gasteiger charge is 2.13. The van der Waals surface area contributed by atoms with Crippen molar-refractivity contribution < 1.29 is 9.76 Å². The van der Waals surface area contributed by atoms with E-state index in [1.54, 1.807) is 12.1 Å². The second-order valence-corrected chi connectivity index (χ2v) is 4.64. The molecule has 18 heavy (non-hydrogen) atoms. The molecule has 5 heteroatoms. The third kappa shape index (κ3) is 4.43. The predicted octanol–water partition coefficient (Wildman–Crippen LogP) is 3.22. The molecule has 0 aliphatic carbocycles. The molecule has 0 bridgehead atoms. The first kappa shape index (κ1) is 14.6. The third-order valence-corrected chi connectivity index (χ3v) is 2.53. The van der Waals surface area contributed by atoms with Gasteiger partial charge in [0, 0.05) is 12.1 Å². The van der Waals surface area contributed by atoms with Crippen molar-refractivity contribution >= 4 is 5.69 Å². The van der Waals surface area contributed by atoms with E-state index in [1.165, 1.54) is 6.07 Å². The molecule has 0 fully saturated rings. The molecule has 0 saturated heterocycles. The van der Waals surface area contributed by atoms with Gasteiger partial charge in [-0.25, -0.2) is 0 Å². The normalized spacial score (nSPS) is 12.7. The lowest BCUT2D eigenvalue weighted by Crippen LogP contribution is -2.23. The minimum atomic E-state index is -0.384. The molecule has 1 N–H and O–H groups in total. The quantitative estimate of drug-likeness (QED) is 0.597. The Bertz CT molecular complexity index is 394. The standard InChI is InChI=1S/C13H20N2O3/c1-4-13(14-18-9-10(2)3)11-6-5-7-12(8-11)15(16)17/h5-8,10,13-14H,4,9H2,1-3H3. The molecule has 1 rings (SSSR count). The number of benzene rings is 1. The van der Waals surface area contributed by atoms with E-state index >= 15 is 0 Å². The Labute approximate surface area is 107 Å². The molecular weight excluding hydrogens is 232 g/mol. The Morgan fingerprint density at radius 1 is 1.44 bits per heavy atom. The van der Waals surface area contributed by atoms with Crippen LogP contribution in [0.4, 0.5) is 5.69 Å². The molecule has 100 valence electrons. The van der Waals surface area contributed by atoms with Gasteiger partial charge in [-0.3, -0.25) is 10.1 Å². The summed E-state index contributed by atoms with van der Waals surface area (Å²) in [6.45, 7) is 6.76. The summed E-state index contributed by atoms with van der Waals surface area (Å²) in [4.78, 5) is 15.7. The molecule has 1 aromatic rings. The van der Waals surface area contributed by atoms with Crippen molar-refractivity contribution in [2.24, 2.45) is 5.92 Å². The SMILES string of the molecule is CCC(NOCC(C)C)c1cccc([N+](=O)[O-])c1. The minimum absolute atomic E-state index is 0.0244. The molecule has 0 spiro atoms. The van der Waals surface area contributed by atoms with Crippen molar-refractivity contribution in [3.05, 3.63) is 39.9 Å². The Morgan fingerprint density at radius 3 is 2.72 bits per heavy atom. The summed E-state index contributed by atoms with van der Waals surface area (Å²) in [7, 11) is 0. The smallest absolute Gasteiger partial charge is 0.269 e. The van der Waals surface area contributed by atoms with Crippen molar-refractivity contribution in [2.75, 3.05) is 6.61 Å². The average Bonchev–Trinajstić information content (AvgIpc) is 2.34. The molecule has 0 amide bonds. The summed E-state index contributed by atoms with van der Waals surface area (Å²) in [5, 5.41) is 10.7. The van der Waals surface area contributed by atoms with Gasteiger partial charge in [-0.2, -0.15) is 5.48 Å². The topological polar surface area (TPSA) is 64.4 Å². The Kier molecular flexibility index (Phi) is 5.74. The fourth-order valence-electron chi connectivity index (χ4n) is 1.56. The number of rotatable bonds is 7. The zero-order chi connectivity index (χ0) is 13.5. The van der Waals surface area contributed by atoms with Crippen LogP contribution in [0.25, 0.3) is 0 Å². The highest BCUT2D eigenvalue weighted by Crippen LogP contribution is 2.21. The van der Waals surface area contributed by atoms with Gasteiger partial charge in [0.1, 0.15) is 0 Å². The largest absolute Gasteiger partial charge is 0.301 e. The molecule has 0 aliphatic heterocycles. The molecule has 5 nitrogen and oxygen atoms in total. The number of nitrogens with one attached hydrogen (secondary N) is 1. The number of hydrogen-bond acceptors (Lipinski definition) is 4. The van der Waals surface area contributed by atoms with Crippen LogP contribution < -0.4 is 5.48 Å². The third-order valence-electron chi connectivity index (χ3n) is 2.53. The fraction of sp³-hybridized carbons (Fsp3) is 0.538. The van der Waals surface area contributed by atoms with Gasteiger partial charge in [0.15, 0.2) is 0 Å². The number of nitro groups is 1. The van der Waals surface area contributed by atoms with Gasteiger partial charge in [0.2, 0.25) is 0 Å². The Balaban J connectivity index is 2.69. The zero-order valence-corrected chi connectivity index (χ0v) is 11.1. The van der Waals surface area contributed by atoms with Crippen LogP contribution >= 0.6 is 0 Å². The van der Waals surface area contributed by atoms with Crippen LogP contribution in [0.3, 0.4) is 0 Å². The van der Waals surface area contributed by atoms with Crippen molar-refractivity contribution in [3.8, 4) is 0 Å². The van der Waals surface area contributed by atoms with Crippen LogP contribution in [0.5, 0.6) is 0 Å². The van der Waals surface area contributed by atoms with Crippen LogP contribution in [0.1, 0.15) is 38.8 Å². The predicted molar refractivity (Wildman–Crippen MR) is 70.1 cm³/mol. The van der Waals surface area contributed by atoms with Gasteiger partial charge in [-0.1, -0.05) is 32.9 Å². The van der Waals surface area contributed by atoms with E-state index in [-0.39, 0.29) is 16.7 Å². The van der Waals surface area contributed by atoms with E-state index in [2.05, 4.69) is 19.3 Å². The van der Waals surface area contributed by atoms with Gasteiger partial charge in [-0.05, 0) is 17.9 Å². The maximum Gasteiger partial charge on any atom is 0.269 e.